The van der Waals surface area contributed by atoms with Gasteiger partial charge < -0.3 is 14.2 Å². The number of rotatable bonds is 8. The molecule has 164 valence electrons. The van der Waals surface area contributed by atoms with Gasteiger partial charge in [0.05, 0.1) is 26.5 Å². The molecule has 2 aliphatic rings. The van der Waals surface area contributed by atoms with Crippen LogP contribution in [0.4, 0.5) is 0 Å². The molecule has 6 nitrogen and oxygen atoms in total. The first-order valence-corrected chi connectivity index (χ1v) is 11.0. The summed E-state index contributed by atoms with van der Waals surface area (Å²) >= 11 is 0. The third kappa shape index (κ3) is 4.68. The third-order valence-electron chi connectivity index (χ3n) is 6.12. The second kappa shape index (κ2) is 9.86. The number of carbonyl (C=O) groups excluding carboxylic acids is 1. The van der Waals surface area contributed by atoms with Gasteiger partial charge >= 0.3 is 0 Å². The van der Waals surface area contributed by atoms with Crippen LogP contribution < -0.4 is 14.2 Å². The molecule has 1 fully saturated rings. The van der Waals surface area contributed by atoms with Crippen molar-refractivity contribution in [1.29, 1.82) is 0 Å². The molecule has 0 radical (unpaired) electrons. The number of hydrazone groups is 1. The summed E-state index contributed by atoms with van der Waals surface area (Å²) < 4.78 is 16.7. The summed E-state index contributed by atoms with van der Waals surface area (Å²) in [6.07, 6.45) is 4.87. The van der Waals surface area contributed by atoms with E-state index in [1.165, 1.54) is 0 Å². The molecule has 0 N–H and O–H groups in total. The average molecular weight is 423 g/mol. The number of fused-ring (bicyclic) bond motifs is 1. The molecule has 2 unspecified atom stereocenters. The molecule has 1 saturated carbocycles. The van der Waals surface area contributed by atoms with Crippen LogP contribution >= 0.6 is 0 Å². The Kier molecular flexibility index (Phi) is 6.75. The standard InChI is InChI=1S/C25H30N2O4/c1-29-22-14-13-18(17-23(22)30-2)24-20-11-6-7-12-21(20)25(28)27(26-24)15-8-16-31-19-9-4-3-5-10-19/h3-5,9-10,13-14,17,20-21H,6-8,11-12,15-16H2,1-2H3. The van der Waals surface area contributed by atoms with Gasteiger partial charge in [-0.1, -0.05) is 31.0 Å². The van der Waals surface area contributed by atoms with Gasteiger partial charge in [0.15, 0.2) is 11.5 Å². The van der Waals surface area contributed by atoms with Gasteiger partial charge in [0.2, 0.25) is 5.91 Å². The van der Waals surface area contributed by atoms with Crippen molar-refractivity contribution < 1.29 is 19.0 Å². The molecule has 2 aromatic rings. The van der Waals surface area contributed by atoms with Gasteiger partial charge in [-0.15, -0.1) is 0 Å². The molecule has 0 aromatic heterocycles. The predicted molar refractivity (Wildman–Crippen MR) is 120 cm³/mol. The van der Waals surface area contributed by atoms with Crippen LogP contribution in [-0.2, 0) is 4.79 Å². The number of methoxy groups -OCH3 is 2. The predicted octanol–water partition coefficient (Wildman–Crippen LogP) is 4.53. The molecule has 2 aromatic carbocycles. The maximum Gasteiger partial charge on any atom is 0.246 e. The summed E-state index contributed by atoms with van der Waals surface area (Å²) in [5.41, 5.74) is 1.97. The van der Waals surface area contributed by atoms with E-state index in [-0.39, 0.29) is 17.7 Å². The van der Waals surface area contributed by atoms with Crippen LogP contribution in [0.3, 0.4) is 0 Å². The van der Waals surface area contributed by atoms with Crippen LogP contribution in [0.1, 0.15) is 37.7 Å². The monoisotopic (exact) mass is 422 g/mol. The second-order valence-electron chi connectivity index (χ2n) is 8.03. The first-order valence-electron chi connectivity index (χ1n) is 11.0. The Hall–Kier alpha value is -3.02. The quantitative estimate of drug-likeness (QED) is 0.587. The lowest BCUT2D eigenvalue weighted by molar-refractivity contribution is -0.139. The minimum absolute atomic E-state index is 0.00406. The smallest absolute Gasteiger partial charge is 0.246 e. The molecular weight excluding hydrogens is 392 g/mol. The van der Waals surface area contributed by atoms with Gasteiger partial charge in [0.25, 0.3) is 0 Å². The van der Waals surface area contributed by atoms with E-state index >= 15 is 0 Å². The molecule has 1 amide bonds. The molecule has 1 aliphatic heterocycles. The third-order valence-corrected chi connectivity index (χ3v) is 6.12. The molecule has 2 atom stereocenters. The summed E-state index contributed by atoms with van der Waals surface area (Å²) in [4.78, 5) is 13.2. The maximum absolute atomic E-state index is 13.2. The molecule has 1 heterocycles. The van der Waals surface area contributed by atoms with Gasteiger partial charge in [0, 0.05) is 30.4 Å². The first kappa shape index (κ1) is 21.2. The number of carbonyl (C=O) groups is 1. The normalized spacial score (nSPS) is 20.6. The van der Waals surface area contributed by atoms with E-state index in [0.717, 1.165) is 49.1 Å². The lowest BCUT2D eigenvalue weighted by Gasteiger charge is -2.38. The fourth-order valence-electron chi connectivity index (χ4n) is 4.55. The Bertz CT molecular complexity index is 928. The van der Waals surface area contributed by atoms with Crippen molar-refractivity contribution in [2.24, 2.45) is 16.9 Å². The number of ether oxygens (including phenoxy) is 3. The summed E-state index contributed by atoms with van der Waals surface area (Å²) in [6, 6.07) is 15.6. The summed E-state index contributed by atoms with van der Waals surface area (Å²) in [5.74, 6) is 2.52. The maximum atomic E-state index is 13.2. The number of nitrogens with zero attached hydrogens (tertiary/aromatic N) is 2. The van der Waals surface area contributed by atoms with Crippen molar-refractivity contribution in [3.63, 3.8) is 0 Å². The van der Waals surface area contributed by atoms with Crippen molar-refractivity contribution in [2.75, 3.05) is 27.4 Å². The largest absolute Gasteiger partial charge is 0.494 e. The van der Waals surface area contributed by atoms with E-state index in [1.54, 1.807) is 19.2 Å². The first-order chi connectivity index (χ1) is 15.2. The molecule has 0 saturated heterocycles. The van der Waals surface area contributed by atoms with Crippen molar-refractivity contribution >= 4 is 11.6 Å². The zero-order chi connectivity index (χ0) is 21.6. The Balaban J connectivity index is 1.53. The van der Waals surface area contributed by atoms with Crippen LogP contribution in [0, 0.1) is 11.8 Å². The highest BCUT2D eigenvalue weighted by Gasteiger charge is 2.41. The summed E-state index contributed by atoms with van der Waals surface area (Å²) in [6.45, 7) is 1.09. The highest BCUT2D eigenvalue weighted by molar-refractivity contribution is 6.07. The highest BCUT2D eigenvalue weighted by Crippen LogP contribution is 2.39. The van der Waals surface area contributed by atoms with Gasteiger partial charge in [-0.05, 0) is 43.2 Å². The fraction of sp³-hybridized carbons (Fsp3) is 0.440. The molecule has 0 bridgehead atoms. The highest BCUT2D eigenvalue weighted by atomic mass is 16.5. The van der Waals surface area contributed by atoms with Crippen LogP contribution in [0.2, 0.25) is 0 Å². The van der Waals surface area contributed by atoms with Crippen LogP contribution in [-0.4, -0.2) is 44.0 Å². The van der Waals surface area contributed by atoms with Crippen molar-refractivity contribution in [2.45, 2.75) is 32.1 Å². The van der Waals surface area contributed by atoms with E-state index in [9.17, 15) is 4.79 Å². The van der Waals surface area contributed by atoms with Crippen molar-refractivity contribution in [1.82, 2.24) is 5.01 Å². The number of amides is 1. The topological polar surface area (TPSA) is 60.4 Å². The lowest BCUT2D eigenvalue weighted by Crippen LogP contribution is -2.46. The second-order valence-corrected chi connectivity index (χ2v) is 8.03. The van der Waals surface area contributed by atoms with Crippen molar-refractivity contribution in [3.8, 4) is 17.2 Å². The number of benzene rings is 2. The minimum Gasteiger partial charge on any atom is -0.494 e. The Morgan fingerprint density at radius 3 is 2.45 bits per heavy atom. The zero-order valence-electron chi connectivity index (χ0n) is 18.3. The van der Waals surface area contributed by atoms with Gasteiger partial charge in [-0.3, -0.25) is 4.79 Å². The Labute approximate surface area is 183 Å². The summed E-state index contributed by atoms with van der Waals surface area (Å²) in [7, 11) is 3.26. The molecule has 6 heteroatoms. The van der Waals surface area contributed by atoms with Gasteiger partial charge in [0.1, 0.15) is 5.75 Å². The molecule has 31 heavy (non-hydrogen) atoms. The van der Waals surface area contributed by atoms with E-state index < -0.39 is 0 Å². The summed E-state index contributed by atoms with van der Waals surface area (Å²) in [5, 5.41) is 6.50. The van der Waals surface area contributed by atoms with Crippen LogP contribution in [0.25, 0.3) is 0 Å². The number of hydrogen-bond acceptors (Lipinski definition) is 5. The Morgan fingerprint density at radius 1 is 0.968 bits per heavy atom. The van der Waals surface area contributed by atoms with Crippen LogP contribution in [0.5, 0.6) is 17.2 Å². The van der Waals surface area contributed by atoms with Gasteiger partial charge in [-0.25, -0.2) is 5.01 Å². The molecule has 0 spiro atoms. The molecular formula is C25H30N2O4. The lowest BCUT2D eigenvalue weighted by atomic mass is 9.73. The SMILES string of the molecule is COc1ccc(C2=NN(CCCOc3ccccc3)C(=O)C3CCCCC23)cc1OC. The zero-order valence-corrected chi connectivity index (χ0v) is 18.3. The number of para-hydroxylation sites is 1. The van der Waals surface area contributed by atoms with E-state index in [4.69, 9.17) is 19.3 Å². The number of hydrogen-bond donors (Lipinski definition) is 0. The van der Waals surface area contributed by atoms with Crippen LogP contribution in [0.15, 0.2) is 53.6 Å². The minimum atomic E-state index is 0.00406. The average Bonchev–Trinajstić information content (AvgIpc) is 2.83. The molecule has 4 rings (SSSR count). The van der Waals surface area contributed by atoms with Gasteiger partial charge in [-0.2, -0.15) is 5.10 Å². The molecule has 1 aliphatic carbocycles. The van der Waals surface area contributed by atoms with E-state index in [1.807, 2.05) is 48.5 Å². The van der Waals surface area contributed by atoms with E-state index in [2.05, 4.69) is 0 Å². The fourth-order valence-corrected chi connectivity index (χ4v) is 4.55. The van der Waals surface area contributed by atoms with Crippen molar-refractivity contribution in [3.05, 3.63) is 54.1 Å². The van der Waals surface area contributed by atoms with E-state index in [0.29, 0.717) is 24.7 Å². The Morgan fingerprint density at radius 2 is 1.71 bits per heavy atom.